The third kappa shape index (κ3) is 34.9. The zero-order valence-corrected chi connectivity index (χ0v) is 36.2. The Morgan fingerprint density at radius 3 is 1.48 bits per heavy atom. The van der Waals surface area contributed by atoms with Crippen molar-refractivity contribution in [3.05, 3.63) is 108 Å². The molecule has 0 saturated carbocycles. The van der Waals surface area contributed by atoms with Crippen LogP contribution in [0, 0.1) is 6.57 Å². The molecule has 4 rings (SSSR count). The highest BCUT2D eigenvalue weighted by molar-refractivity contribution is 5.72. The molecular formula is C44H45N9O11. The van der Waals surface area contributed by atoms with Gasteiger partial charge in [-0.05, 0) is 93.6 Å². The molecule has 4 aromatic carbocycles. The minimum Gasteiger partial charge on any atom is -0.497 e. The van der Waals surface area contributed by atoms with E-state index in [2.05, 4.69) is 44.5 Å². The van der Waals surface area contributed by atoms with Crippen LogP contribution in [-0.4, -0.2) is 103 Å². The predicted octanol–water partition coefficient (Wildman–Crippen LogP) is 7.82. The van der Waals surface area contributed by atoms with Gasteiger partial charge in [0.25, 0.3) is 0 Å². The van der Waals surface area contributed by atoms with Gasteiger partial charge in [0, 0.05) is 32.9 Å². The van der Waals surface area contributed by atoms with E-state index in [4.69, 9.17) is 20.8 Å². The lowest BCUT2D eigenvalue weighted by Gasteiger charge is -2.11. The van der Waals surface area contributed by atoms with Crippen LogP contribution in [0.2, 0.25) is 0 Å². The van der Waals surface area contributed by atoms with Gasteiger partial charge in [0.15, 0.2) is 5.69 Å². The second-order valence-corrected chi connectivity index (χ2v) is 11.1. The van der Waals surface area contributed by atoms with Gasteiger partial charge in [-0.2, -0.15) is 25.0 Å². The van der Waals surface area contributed by atoms with Crippen molar-refractivity contribution in [3.8, 4) is 11.5 Å². The van der Waals surface area contributed by atoms with Gasteiger partial charge in [0.1, 0.15) is 18.0 Å². The van der Waals surface area contributed by atoms with Crippen molar-refractivity contribution in [2.75, 3.05) is 53.4 Å². The summed E-state index contributed by atoms with van der Waals surface area (Å²) >= 11 is 0. The number of hydrogen-bond donors (Lipinski definition) is 0. The van der Waals surface area contributed by atoms with Gasteiger partial charge in [0.2, 0.25) is 42.6 Å². The molecule has 0 aliphatic heterocycles. The van der Waals surface area contributed by atoms with Gasteiger partial charge in [0.05, 0.1) is 56.2 Å². The number of isocyanates is 7. The Balaban J connectivity index is -0.000000692. The molecule has 20 nitrogen and oxygen atoms in total. The third-order valence-corrected chi connectivity index (χ3v) is 6.13. The Morgan fingerprint density at radius 1 is 0.641 bits per heavy atom. The number of carbonyl (C=O) groups excluding carboxylic acids is 8. The van der Waals surface area contributed by atoms with Crippen molar-refractivity contribution in [1.82, 2.24) is 0 Å². The second kappa shape index (κ2) is 42.0. The van der Waals surface area contributed by atoms with Crippen LogP contribution < -0.4 is 14.4 Å². The molecule has 0 spiro atoms. The molecule has 0 radical (unpaired) electrons. The molecule has 20 heteroatoms. The number of methoxy groups -OCH3 is 2. The lowest BCUT2D eigenvalue weighted by Crippen LogP contribution is -2.07. The molecule has 0 unspecified atom stereocenters. The maximum absolute atomic E-state index is 10.3. The largest absolute Gasteiger partial charge is 0.497 e. The molecule has 0 aromatic heterocycles. The molecule has 4 aromatic rings. The number of carbonyl (C=O) groups is 1. The van der Waals surface area contributed by atoms with E-state index < -0.39 is 5.97 Å². The third-order valence-electron chi connectivity index (χ3n) is 6.13. The Kier molecular flexibility index (Phi) is 38.9. The number of nitrogens with zero attached hydrogens (tertiary/aromatic N) is 9. The second-order valence-electron chi connectivity index (χ2n) is 11.1. The van der Waals surface area contributed by atoms with Gasteiger partial charge < -0.3 is 19.1 Å². The van der Waals surface area contributed by atoms with Gasteiger partial charge in [-0.25, -0.2) is 48.4 Å². The minimum atomic E-state index is -0.499. The fourth-order valence-corrected chi connectivity index (χ4v) is 3.41. The van der Waals surface area contributed by atoms with E-state index in [0.29, 0.717) is 40.8 Å². The Labute approximate surface area is 369 Å². The van der Waals surface area contributed by atoms with Crippen molar-refractivity contribution in [1.29, 1.82) is 0 Å². The molecule has 0 bridgehead atoms. The summed E-state index contributed by atoms with van der Waals surface area (Å²) in [6.07, 6.45) is 9.79. The van der Waals surface area contributed by atoms with Crippen LogP contribution in [0.1, 0.15) is 20.8 Å². The van der Waals surface area contributed by atoms with Crippen molar-refractivity contribution in [3.63, 3.8) is 0 Å². The predicted molar refractivity (Wildman–Crippen MR) is 238 cm³/mol. The number of hydrogen-bond acceptors (Lipinski definition) is 19. The van der Waals surface area contributed by atoms with Crippen LogP contribution in [0.3, 0.4) is 0 Å². The molecule has 0 heterocycles. The monoisotopic (exact) mass is 875 g/mol. The van der Waals surface area contributed by atoms with Crippen LogP contribution in [0.15, 0.2) is 132 Å². The average molecular weight is 876 g/mol. The van der Waals surface area contributed by atoms with E-state index >= 15 is 0 Å². The molecule has 0 saturated heterocycles. The van der Waals surface area contributed by atoms with E-state index in [1.54, 1.807) is 100 Å². The Morgan fingerprint density at radius 2 is 1.11 bits per heavy atom. The highest BCUT2D eigenvalue weighted by atomic mass is 16.5. The minimum absolute atomic E-state index is 0.0995. The van der Waals surface area contributed by atoms with Gasteiger partial charge in [-0.1, -0.05) is 18.2 Å². The summed E-state index contributed by atoms with van der Waals surface area (Å²) in [5, 5.41) is 0. The first-order valence-electron chi connectivity index (χ1n) is 17.9. The highest BCUT2D eigenvalue weighted by Gasteiger charge is 1.97. The summed E-state index contributed by atoms with van der Waals surface area (Å²) in [7, 11) is 8.44. The number of benzene rings is 4. The first kappa shape index (κ1) is 59.2. The SMILES string of the molecule is CC(C)N=C=O.CCOC(=O)CN=C=O.CN(C)c1ccc(N=C=O)cc1.CN=C=O.COc1ccc(N=C=O)cc1.COc1cccc(N=C=O)c1.[C-]#[N+]c1cccc(N=C=O)c1. The molecule has 0 aliphatic carbocycles. The standard InChI is InChI=1S/C9H10N2O.C8H4N2O.2C8H7NO2.C5H7NO3.C4H7NO.C2H3NO/c1-11(2)9-5-3-8(4-6-9)10-7-12;1-9-7-3-2-4-8(5-7)10-6-11;1-11-8-4-2-7(3-5-8)9-6-10;1-11-8-4-2-3-7(5-8)9-6-10;1-2-9-5(8)3-6-4-7;1-4(2)5-3-6;1-3-2-4/h3-6H,1-2H3;2-5H;2*2-5H,1H3;2-3H2,1H3;4H,1-2H3;1H3. The van der Waals surface area contributed by atoms with E-state index in [-0.39, 0.29) is 12.6 Å². The zero-order chi connectivity index (χ0) is 48.8. The van der Waals surface area contributed by atoms with Crippen molar-refractivity contribution < 1.29 is 52.6 Å². The summed E-state index contributed by atoms with van der Waals surface area (Å²) < 4.78 is 14.3. The number of ether oxygens (including phenoxy) is 3. The maximum Gasteiger partial charge on any atom is 0.328 e. The average Bonchev–Trinajstić information content (AvgIpc) is 3.30. The number of anilines is 1. The molecule has 64 heavy (non-hydrogen) atoms. The molecule has 332 valence electrons. The molecule has 0 fully saturated rings. The van der Waals surface area contributed by atoms with E-state index in [9.17, 15) is 33.6 Å². The summed E-state index contributed by atoms with van der Waals surface area (Å²) in [6.45, 7) is 12.1. The van der Waals surface area contributed by atoms with Crippen molar-refractivity contribution in [2.45, 2.75) is 26.8 Å². The lowest BCUT2D eigenvalue weighted by molar-refractivity contribution is -0.141. The topological polar surface area (TPSA) is 258 Å². The van der Waals surface area contributed by atoms with Crippen LogP contribution in [0.5, 0.6) is 11.5 Å². The summed E-state index contributed by atoms with van der Waals surface area (Å²) in [5.41, 5.74) is 3.80. The van der Waals surface area contributed by atoms with Crippen LogP contribution >= 0.6 is 0 Å². The number of esters is 1. The molecule has 0 N–H and O–H groups in total. The Bertz CT molecular complexity index is 2340. The number of rotatable bonds is 11. The molecule has 0 amide bonds. The maximum atomic E-state index is 10.3. The Hall–Kier alpha value is -9.10. The molecule has 0 atom stereocenters. The first-order valence-corrected chi connectivity index (χ1v) is 17.9. The highest BCUT2D eigenvalue weighted by Crippen LogP contribution is 2.20. The summed E-state index contributed by atoms with van der Waals surface area (Å²) in [5.74, 6) is 0.928. The van der Waals surface area contributed by atoms with E-state index in [0.717, 1.165) is 11.4 Å². The number of aliphatic imine (C=N–C) groups is 7. The quantitative estimate of drug-likeness (QED) is 0.0605. The van der Waals surface area contributed by atoms with Gasteiger partial charge in [-0.15, -0.1) is 0 Å². The van der Waals surface area contributed by atoms with Crippen LogP contribution in [0.4, 0.5) is 34.1 Å². The lowest BCUT2D eigenvalue weighted by atomic mass is 10.3. The van der Waals surface area contributed by atoms with Crippen LogP contribution in [0.25, 0.3) is 4.85 Å². The van der Waals surface area contributed by atoms with E-state index in [1.165, 1.54) is 55.7 Å². The smallest absolute Gasteiger partial charge is 0.328 e. The normalized spacial score (nSPS) is 8.00. The van der Waals surface area contributed by atoms with Crippen molar-refractivity contribution >= 4 is 82.7 Å². The molecular weight excluding hydrogens is 831 g/mol. The molecule has 0 aliphatic rings. The first-order chi connectivity index (χ1) is 30.8. The van der Waals surface area contributed by atoms with Gasteiger partial charge in [-0.3, -0.25) is 4.79 Å². The summed E-state index contributed by atoms with van der Waals surface area (Å²) in [6, 6.07) is 27.7. The van der Waals surface area contributed by atoms with Crippen molar-refractivity contribution in [2.24, 2.45) is 34.9 Å². The van der Waals surface area contributed by atoms with Crippen LogP contribution in [-0.2, 0) is 43.1 Å². The van der Waals surface area contributed by atoms with E-state index in [1.807, 2.05) is 45.0 Å². The summed E-state index contributed by atoms with van der Waals surface area (Å²) in [4.78, 5) is 105. The zero-order valence-electron chi connectivity index (χ0n) is 36.2. The fraction of sp³-hybridized carbons (Fsp3) is 0.250. The fourth-order valence-electron chi connectivity index (χ4n) is 3.41. The van der Waals surface area contributed by atoms with Gasteiger partial charge >= 0.3 is 5.97 Å².